The molecule has 2 rings (SSSR count). The zero-order valence-corrected chi connectivity index (χ0v) is 13.1. The summed E-state index contributed by atoms with van der Waals surface area (Å²) in [6.45, 7) is 2.78. The minimum atomic E-state index is -4.81. The molecule has 0 aromatic heterocycles. The molecule has 1 saturated heterocycles. The molecule has 1 fully saturated rings. The average molecular weight is 339 g/mol. The molecule has 0 spiro atoms. The molecule has 0 radical (unpaired) electrons. The van der Waals surface area contributed by atoms with Crippen molar-refractivity contribution in [3.63, 3.8) is 0 Å². The topological polar surface area (TPSA) is 71.5 Å². The second kappa shape index (κ2) is 5.63. The highest BCUT2D eigenvalue weighted by atomic mass is 32.3. The number of hydrogen-bond donors (Lipinski definition) is 0. The van der Waals surface area contributed by atoms with E-state index in [1.165, 1.54) is 4.31 Å². The van der Waals surface area contributed by atoms with Crippen molar-refractivity contribution in [2.24, 2.45) is 0 Å². The van der Waals surface area contributed by atoms with E-state index in [1.54, 1.807) is 11.8 Å². The summed E-state index contributed by atoms with van der Waals surface area (Å²) in [5.74, 6) is 0.720. The fourth-order valence-electron chi connectivity index (χ4n) is 1.93. The minimum Gasteiger partial charge on any atom is -0.207 e. The molecule has 112 valence electrons. The van der Waals surface area contributed by atoms with Crippen LogP contribution in [0.2, 0.25) is 0 Å². The normalized spacial score (nSPS) is 21.8. The van der Waals surface area contributed by atoms with Crippen molar-refractivity contribution in [1.82, 2.24) is 4.31 Å². The Balaban J connectivity index is 2.30. The molecular formula is C11H14FNO4S3. The van der Waals surface area contributed by atoms with Crippen LogP contribution in [0.3, 0.4) is 0 Å². The molecule has 1 atom stereocenters. The van der Waals surface area contributed by atoms with Crippen molar-refractivity contribution >= 4 is 32.0 Å². The molecule has 1 aliphatic rings. The highest BCUT2D eigenvalue weighted by Crippen LogP contribution is 2.25. The van der Waals surface area contributed by atoms with Crippen molar-refractivity contribution in [1.29, 1.82) is 0 Å². The maximum absolute atomic E-state index is 12.8. The van der Waals surface area contributed by atoms with Gasteiger partial charge in [0, 0.05) is 24.1 Å². The number of halogens is 1. The number of thioether (sulfide) groups is 1. The van der Waals surface area contributed by atoms with Crippen LogP contribution in [-0.4, -0.2) is 45.2 Å². The van der Waals surface area contributed by atoms with E-state index in [-0.39, 0.29) is 10.1 Å². The van der Waals surface area contributed by atoms with Gasteiger partial charge >= 0.3 is 10.2 Å². The Morgan fingerprint density at radius 2 is 1.70 bits per heavy atom. The van der Waals surface area contributed by atoms with E-state index in [0.29, 0.717) is 13.1 Å². The molecule has 0 aliphatic carbocycles. The maximum Gasteiger partial charge on any atom is 0.332 e. The van der Waals surface area contributed by atoms with Crippen LogP contribution >= 0.6 is 11.8 Å². The Hall–Kier alpha value is -0.640. The van der Waals surface area contributed by atoms with Crippen LogP contribution in [0.15, 0.2) is 34.1 Å². The third-order valence-corrected chi connectivity index (χ3v) is 6.80. The Kier molecular flexibility index (Phi) is 4.43. The second-order valence-corrected chi connectivity index (χ2v) is 9.29. The van der Waals surface area contributed by atoms with E-state index in [2.05, 4.69) is 0 Å². The molecule has 5 nitrogen and oxygen atoms in total. The standard InChI is InChI=1S/C11H14FNO4S3/c1-9-8-13(6-7-18-9)20(16,17)11-4-2-10(3-5-11)19(12,14)15/h2-5,9H,6-8H2,1H3. The molecule has 1 aromatic rings. The van der Waals surface area contributed by atoms with Gasteiger partial charge in [-0.2, -0.15) is 24.5 Å². The summed E-state index contributed by atoms with van der Waals surface area (Å²) in [5, 5.41) is 0.212. The van der Waals surface area contributed by atoms with Crippen LogP contribution in [0.1, 0.15) is 6.92 Å². The van der Waals surface area contributed by atoms with Crippen molar-refractivity contribution in [3.8, 4) is 0 Å². The highest BCUT2D eigenvalue weighted by Gasteiger charge is 2.29. The Morgan fingerprint density at radius 1 is 1.15 bits per heavy atom. The van der Waals surface area contributed by atoms with E-state index < -0.39 is 25.1 Å². The Morgan fingerprint density at radius 3 is 2.20 bits per heavy atom. The highest BCUT2D eigenvalue weighted by molar-refractivity contribution is 8.00. The first kappa shape index (κ1) is 15.7. The van der Waals surface area contributed by atoms with Crippen molar-refractivity contribution < 1.29 is 20.7 Å². The lowest BCUT2D eigenvalue weighted by molar-refractivity contribution is 0.424. The molecular weight excluding hydrogens is 325 g/mol. The summed E-state index contributed by atoms with van der Waals surface area (Å²) in [4.78, 5) is -0.567. The van der Waals surface area contributed by atoms with Gasteiger partial charge in [0.2, 0.25) is 10.0 Å². The summed E-state index contributed by atoms with van der Waals surface area (Å²) in [7, 11) is -8.46. The van der Waals surface area contributed by atoms with Crippen molar-refractivity contribution in [2.45, 2.75) is 22.0 Å². The molecule has 1 heterocycles. The van der Waals surface area contributed by atoms with Crippen LogP contribution in [-0.2, 0) is 20.2 Å². The molecule has 9 heteroatoms. The summed E-state index contributed by atoms with van der Waals surface area (Å²) in [6.07, 6.45) is 0. The Labute approximate surface area is 122 Å². The first-order valence-electron chi connectivity index (χ1n) is 5.88. The van der Waals surface area contributed by atoms with Gasteiger partial charge in [0.1, 0.15) is 0 Å². The first-order chi connectivity index (χ1) is 9.21. The molecule has 0 bridgehead atoms. The SMILES string of the molecule is CC1CN(S(=O)(=O)c2ccc(S(=O)(=O)F)cc2)CCS1. The lowest BCUT2D eigenvalue weighted by atomic mass is 10.4. The van der Waals surface area contributed by atoms with E-state index in [1.807, 2.05) is 6.92 Å². The predicted molar refractivity (Wildman–Crippen MR) is 75.4 cm³/mol. The third-order valence-electron chi connectivity index (χ3n) is 2.95. The average Bonchev–Trinajstić information content (AvgIpc) is 2.38. The van der Waals surface area contributed by atoms with Gasteiger partial charge in [0.05, 0.1) is 9.79 Å². The summed E-state index contributed by atoms with van der Waals surface area (Å²) in [5.41, 5.74) is 0. The lowest BCUT2D eigenvalue weighted by Gasteiger charge is -2.29. The maximum atomic E-state index is 12.8. The van der Waals surface area contributed by atoms with Crippen LogP contribution < -0.4 is 0 Å². The zero-order valence-electron chi connectivity index (χ0n) is 10.7. The van der Waals surface area contributed by atoms with Crippen LogP contribution in [0.4, 0.5) is 3.89 Å². The van der Waals surface area contributed by atoms with Crippen molar-refractivity contribution in [2.75, 3.05) is 18.8 Å². The van der Waals surface area contributed by atoms with Gasteiger partial charge in [-0.3, -0.25) is 0 Å². The monoisotopic (exact) mass is 339 g/mol. The van der Waals surface area contributed by atoms with Crippen molar-refractivity contribution in [3.05, 3.63) is 24.3 Å². The number of nitrogens with zero attached hydrogens (tertiary/aromatic N) is 1. The number of sulfonamides is 1. The predicted octanol–water partition coefficient (Wildman–Crippen LogP) is 1.47. The minimum absolute atomic E-state index is 0.0241. The van der Waals surface area contributed by atoms with Gasteiger partial charge in [0.25, 0.3) is 0 Å². The number of hydrogen-bond acceptors (Lipinski definition) is 5. The van der Waals surface area contributed by atoms with Gasteiger partial charge < -0.3 is 0 Å². The fourth-order valence-corrected chi connectivity index (χ4v) is 5.14. The molecule has 1 unspecified atom stereocenters. The van der Waals surface area contributed by atoms with Gasteiger partial charge in [-0.15, -0.1) is 3.89 Å². The third kappa shape index (κ3) is 3.33. The van der Waals surface area contributed by atoms with Gasteiger partial charge in [-0.1, -0.05) is 6.92 Å². The van der Waals surface area contributed by atoms with Gasteiger partial charge in [-0.05, 0) is 24.3 Å². The van der Waals surface area contributed by atoms with Crippen LogP contribution in [0.25, 0.3) is 0 Å². The number of benzene rings is 1. The van der Waals surface area contributed by atoms with E-state index in [4.69, 9.17) is 0 Å². The van der Waals surface area contributed by atoms with E-state index in [9.17, 15) is 20.7 Å². The molecule has 0 N–H and O–H groups in total. The number of rotatable bonds is 3. The summed E-state index contributed by atoms with van der Waals surface area (Å²) in [6, 6.07) is 4.16. The fraction of sp³-hybridized carbons (Fsp3) is 0.455. The second-order valence-electron chi connectivity index (χ2n) is 4.45. The first-order valence-corrected chi connectivity index (χ1v) is 9.75. The largest absolute Gasteiger partial charge is 0.332 e. The molecule has 20 heavy (non-hydrogen) atoms. The lowest BCUT2D eigenvalue weighted by Crippen LogP contribution is -2.40. The van der Waals surface area contributed by atoms with Crippen LogP contribution in [0, 0.1) is 0 Å². The molecule has 1 aliphatic heterocycles. The Bertz CT molecular complexity index is 685. The summed E-state index contributed by atoms with van der Waals surface area (Å²) < 4.78 is 60.3. The smallest absolute Gasteiger partial charge is 0.207 e. The van der Waals surface area contributed by atoms with Gasteiger partial charge in [0.15, 0.2) is 0 Å². The molecule has 0 saturated carbocycles. The van der Waals surface area contributed by atoms with Crippen LogP contribution in [0.5, 0.6) is 0 Å². The van der Waals surface area contributed by atoms with E-state index >= 15 is 0 Å². The molecule has 0 amide bonds. The zero-order chi connectivity index (χ0) is 15.0. The quantitative estimate of drug-likeness (QED) is 0.780. The summed E-state index contributed by atoms with van der Waals surface area (Å²) >= 11 is 1.70. The molecule has 1 aromatic carbocycles. The van der Waals surface area contributed by atoms with E-state index in [0.717, 1.165) is 30.0 Å². The van der Waals surface area contributed by atoms with Gasteiger partial charge in [-0.25, -0.2) is 8.42 Å².